The summed E-state index contributed by atoms with van der Waals surface area (Å²) in [6.45, 7) is 0. The summed E-state index contributed by atoms with van der Waals surface area (Å²) >= 11 is 0. The summed E-state index contributed by atoms with van der Waals surface area (Å²) in [4.78, 5) is 8.78. The molecule has 0 atom stereocenters. The minimum atomic E-state index is 0.696. The van der Waals surface area contributed by atoms with Gasteiger partial charge < -0.3 is 0 Å². The van der Waals surface area contributed by atoms with Crippen molar-refractivity contribution >= 4 is 22.7 Å². The molecule has 0 unspecified atom stereocenters. The van der Waals surface area contributed by atoms with Gasteiger partial charge in [-0.15, -0.1) is 0 Å². The fourth-order valence-electron chi connectivity index (χ4n) is 2.46. The van der Waals surface area contributed by atoms with E-state index in [4.69, 9.17) is 0 Å². The van der Waals surface area contributed by atoms with Crippen LogP contribution in [0.25, 0.3) is 11.4 Å². The predicted octanol–water partition coefficient (Wildman–Crippen LogP) is 6.97. The van der Waals surface area contributed by atoms with Crippen molar-refractivity contribution in [3.05, 3.63) is 97.3 Å². The molecule has 4 aromatic rings. The number of pyridine rings is 2. The summed E-state index contributed by atoms with van der Waals surface area (Å²) in [5.41, 5.74) is 4.38. The quantitative estimate of drug-likeness (QED) is 0.358. The average Bonchev–Trinajstić information content (AvgIpc) is 2.78. The van der Waals surface area contributed by atoms with E-state index in [9.17, 15) is 0 Å². The molecule has 0 N–H and O–H groups in total. The van der Waals surface area contributed by atoms with E-state index in [0.717, 1.165) is 11.4 Å². The van der Waals surface area contributed by atoms with Gasteiger partial charge in [-0.1, -0.05) is 36.4 Å². The summed E-state index contributed by atoms with van der Waals surface area (Å²) in [7, 11) is 0. The van der Waals surface area contributed by atoms with Crippen LogP contribution in [0.4, 0.5) is 22.7 Å². The van der Waals surface area contributed by atoms with Crippen LogP contribution < -0.4 is 0 Å². The number of hydrogen-bond donors (Lipinski definition) is 0. The molecule has 0 amide bonds. The number of nitrogens with zero attached hydrogens (tertiary/aromatic N) is 6. The van der Waals surface area contributed by atoms with Gasteiger partial charge in [0.15, 0.2) is 0 Å². The molecule has 2 aromatic carbocycles. The zero-order chi connectivity index (χ0) is 19.0. The minimum absolute atomic E-state index is 0.696. The van der Waals surface area contributed by atoms with Crippen molar-refractivity contribution < 1.29 is 0 Å². The molecule has 28 heavy (non-hydrogen) atoms. The van der Waals surface area contributed by atoms with Crippen LogP contribution in [0.5, 0.6) is 0 Å². The van der Waals surface area contributed by atoms with E-state index in [1.54, 1.807) is 24.5 Å². The molecular formula is C22H16N6. The Hall–Kier alpha value is -4.06. The van der Waals surface area contributed by atoms with Gasteiger partial charge in [-0.2, -0.15) is 20.5 Å². The van der Waals surface area contributed by atoms with Crippen LogP contribution in [-0.2, 0) is 0 Å². The van der Waals surface area contributed by atoms with E-state index >= 15 is 0 Å². The third kappa shape index (κ3) is 4.56. The standard InChI is InChI=1S/C22H16N6/c1-3-7-17(8-4-1)25-27-19-11-13-23-21(15-19)22-16-20(12-14-24-22)28-26-18-9-5-2-6-10-18/h1-16H. The van der Waals surface area contributed by atoms with E-state index < -0.39 is 0 Å². The van der Waals surface area contributed by atoms with E-state index in [2.05, 4.69) is 30.4 Å². The highest BCUT2D eigenvalue weighted by Crippen LogP contribution is 2.25. The number of hydrogen-bond acceptors (Lipinski definition) is 6. The first kappa shape index (κ1) is 17.4. The van der Waals surface area contributed by atoms with Crippen molar-refractivity contribution in [2.24, 2.45) is 20.5 Å². The van der Waals surface area contributed by atoms with Gasteiger partial charge in [0.2, 0.25) is 0 Å². The molecule has 0 aliphatic carbocycles. The lowest BCUT2D eigenvalue weighted by molar-refractivity contribution is 1.18. The molecule has 0 bridgehead atoms. The van der Waals surface area contributed by atoms with Crippen molar-refractivity contribution in [1.29, 1.82) is 0 Å². The highest BCUT2D eigenvalue weighted by atomic mass is 15.1. The molecule has 0 saturated heterocycles. The Bertz CT molecular complexity index is 1020. The lowest BCUT2D eigenvalue weighted by Crippen LogP contribution is -1.85. The molecule has 4 rings (SSSR count). The van der Waals surface area contributed by atoms with Crippen molar-refractivity contribution in [3.63, 3.8) is 0 Å². The predicted molar refractivity (Wildman–Crippen MR) is 109 cm³/mol. The molecule has 6 heteroatoms. The number of rotatable bonds is 5. The normalized spacial score (nSPS) is 11.3. The van der Waals surface area contributed by atoms with Gasteiger partial charge in [0.05, 0.1) is 34.1 Å². The Morgan fingerprint density at radius 2 is 0.821 bits per heavy atom. The van der Waals surface area contributed by atoms with Crippen molar-refractivity contribution in [2.75, 3.05) is 0 Å². The van der Waals surface area contributed by atoms with Crippen LogP contribution in [0.15, 0.2) is 118 Å². The van der Waals surface area contributed by atoms with Crippen LogP contribution in [-0.4, -0.2) is 9.97 Å². The third-order valence-corrected chi connectivity index (χ3v) is 3.82. The summed E-state index contributed by atoms with van der Waals surface area (Å²) in [5, 5.41) is 17.0. The topological polar surface area (TPSA) is 75.2 Å². The van der Waals surface area contributed by atoms with Gasteiger partial charge >= 0.3 is 0 Å². The fourth-order valence-corrected chi connectivity index (χ4v) is 2.46. The summed E-state index contributed by atoms with van der Waals surface area (Å²) < 4.78 is 0. The number of aromatic nitrogens is 2. The largest absolute Gasteiger partial charge is 0.254 e. The van der Waals surface area contributed by atoms with Gasteiger partial charge in [-0.05, 0) is 48.5 Å². The van der Waals surface area contributed by atoms with Gasteiger partial charge in [-0.3, -0.25) is 9.97 Å². The Morgan fingerprint density at radius 1 is 0.429 bits per heavy atom. The lowest BCUT2D eigenvalue weighted by Gasteiger charge is -2.01. The first-order valence-electron chi connectivity index (χ1n) is 8.73. The molecule has 0 spiro atoms. The molecule has 0 saturated carbocycles. The first-order valence-corrected chi connectivity index (χ1v) is 8.73. The van der Waals surface area contributed by atoms with Gasteiger partial charge in [0.25, 0.3) is 0 Å². The Kier molecular flexibility index (Phi) is 5.30. The Balaban J connectivity index is 1.56. The zero-order valence-corrected chi connectivity index (χ0v) is 14.9. The highest BCUT2D eigenvalue weighted by molar-refractivity contribution is 5.62. The monoisotopic (exact) mass is 364 g/mol. The van der Waals surface area contributed by atoms with E-state index in [1.807, 2.05) is 72.8 Å². The highest BCUT2D eigenvalue weighted by Gasteiger charge is 2.04. The van der Waals surface area contributed by atoms with Crippen molar-refractivity contribution in [1.82, 2.24) is 9.97 Å². The minimum Gasteiger partial charge on any atom is -0.254 e. The molecule has 0 radical (unpaired) electrons. The maximum atomic E-state index is 4.39. The number of azo groups is 2. The molecule has 6 nitrogen and oxygen atoms in total. The fraction of sp³-hybridized carbons (Fsp3) is 0. The molecule has 0 fully saturated rings. The Labute approximate surface area is 162 Å². The molecule has 0 aliphatic heterocycles. The van der Waals surface area contributed by atoms with Crippen LogP contribution in [0, 0.1) is 0 Å². The summed E-state index contributed by atoms with van der Waals surface area (Å²) in [6, 6.07) is 26.4. The zero-order valence-electron chi connectivity index (χ0n) is 14.9. The second kappa shape index (κ2) is 8.55. The smallest absolute Gasteiger partial charge is 0.0909 e. The summed E-state index contributed by atoms with van der Waals surface area (Å²) in [6.07, 6.45) is 3.38. The second-order valence-corrected chi connectivity index (χ2v) is 5.87. The van der Waals surface area contributed by atoms with Crippen molar-refractivity contribution in [3.8, 4) is 11.4 Å². The van der Waals surface area contributed by atoms with Crippen molar-refractivity contribution in [2.45, 2.75) is 0 Å². The van der Waals surface area contributed by atoms with Crippen LogP contribution >= 0.6 is 0 Å². The first-order chi connectivity index (χ1) is 13.9. The average molecular weight is 364 g/mol. The molecule has 0 aliphatic rings. The van der Waals surface area contributed by atoms with E-state index in [0.29, 0.717) is 22.8 Å². The molecule has 2 heterocycles. The lowest BCUT2D eigenvalue weighted by atomic mass is 10.2. The third-order valence-electron chi connectivity index (χ3n) is 3.82. The Morgan fingerprint density at radius 3 is 1.25 bits per heavy atom. The maximum absolute atomic E-state index is 4.39. The maximum Gasteiger partial charge on any atom is 0.0909 e. The molecular weight excluding hydrogens is 348 g/mol. The van der Waals surface area contributed by atoms with Gasteiger partial charge in [0.1, 0.15) is 0 Å². The van der Waals surface area contributed by atoms with Gasteiger partial charge in [0, 0.05) is 12.4 Å². The van der Waals surface area contributed by atoms with Crippen LogP contribution in [0.2, 0.25) is 0 Å². The molecule has 2 aromatic heterocycles. The van der Waals surface area contributed by atoms with Crippen LogP contribution in [0.3, 0.4) is 0 Å². The van der Waals surface area contributed by atoms with Gasteiger partial charge in [-0.25, -0.2) is 0 Å². The van der Waals surface area contributed by atoms with Crippen LogP contribution in [0.1, 0.15) is 0 Å². The summed E-state index contributed by atoms with van der Waals surface area (Å²) in [5.74, 6) is 0. The second-order valence-electron chi connectivity index (χ2n) is 5.87. The SMILES string of the molecule is c1ccc(N=Nc2ccnc(-c3cc(N=Nc4ccccc4)ccn3)c2)cc1. The molecule has 134 valence electrons. The number of benzene rings is 2. The van der Waals surface area contributed by atoms with E-state index in [-0.39, 0.29) is 0 Å². The van der Waals surface area contributed by atoms with E-state index in [1.165, 1.54) is 0 Å².